The Morgan fingerprint density at radius 3 is 2.63 bits per heavy atom. The Balaban J connectivity index is 1.74. The van der Waals surface area contributed by atoms with E-state index in [4.69, 9.17) is 10.2 Å². The largest absolute Gasteiger partial charge is 0.357 e. The van der Waals surface area contributed by atoms with Crippen molar-refractivity contribution in [3.63, 3.8) is 0 Å². The molecule has 0 atom stereocenters. The Morgan fingerprint density at radius 1 is 1.07 bits per heavy atom. The first-order valence-electron chi connectivity index (χ1n) is 9.78. The molecule has 27 heavy (non-hydrogen) atoms. The number of anilines is 1. The Hall–Kier alpha value is -3.05. The quantitative estimate of drug-likeness (QED) is 0.697. The van der Waals surface area contributed by atoms with Crippen molar-refractivity contribution in [2.45, 2.75) is 38.5 Å². The fraction of sp³-hybridized carbons (Fsp3) is 0.409. The number of nitrogens with zero attached hydrogens (tertiary/aromatic N) is 5. The van der Waals surface area contributed by atoms with Crippen molar-refractivity contribution < 1.29 is 0 Å². The van der Waals surface area contributed by atoms with E-state index in [9.17, 15) is 5.26 Å². The number of hydrogen-bond donors (Lipinski definition) is 0. The third kappa shape index (κ3) is 2.39. The molecule has 1 saturated heterocycles. The average Bonchev–Trinajstić information content (AvgIpc) is 3.32. The van der Waals surface area contributed by atoms with E-state index in [1.807, 2.05) is 18.2 Å². The number of hydrogen-bond acceptors (Lipinski definition) is 4. The van der Waals surface area contributed by atoms with Gasteiger partial charge < -0.3 is 4.90 Å². The van der Waals surface area contributed by atoms with Gasteiger partial charge in [0.2, 0.25) is 0 Å². The van der Waals surface area contributed by atoms with Gasteiger partial charge in [0.15, 0.2) is 5.65 Å². The first kappa shape index (κ1) is 16.1. The molecule has 2 aromatic heterocycles. The van der Waals surface area contributed by atoms with Crippen LogP contribution in [0.3, 0.4) is 0 Å². The molecule has 0 spiro atoms. The summed E-state index contributed by atoms with van der Waals surface area (Å²) in [6.45, 7) is 1.93. The molecule has 1 aliphatic carbocycles. The zero-order valence-electron chi connectivity index (χ0n) is 15.3. The van der Waals surface area contributed by atoms with Crippen LogP contribution >= 0.6 is 0 Å². The molecule has 1 aromatic carbocycles. The molecule has 0 radical (unpaired) electrons. The van der Waals surface area contributed by atoms with Crippen LogP contribution in [0.1, 0.15) is 42.4 Å². The van der Waals surface area contributed by atoms with Gasteiger partial charge >= 0.3 is 0 Å². The zero-order valence-corrected chi connectivity index (χ0v) is 15.3. The highest BCUT2D eigenvalue weighted by atomic mass is 15.2. The molecule has 2 aliphatic rings. The number of benzene rings is 1. The van der Waals surface area contributed by atoms with Crippen molar-refractivity contribution in [2.24, 2.45) is 5.92 Å². The molecule has 3 heterocycles. The minimum atomic E-state index is 0.507. The van der Waals surface area contributed by atoms with Gasteiger partial charge in [-0.3, -0.25) is 4.40 Å². The molecule has 0 amide bonds. The number of rotatable bonds is 2. The van der Waals surface area contributed by atoms with Gasteiger partial charge in [-0.25, -0.2) is 4.98 Å². The van der Waals surface area contributed by atoms with Crippen molar-refractivity contribution in [1.29, 1.82) is 10.5 Å². The first-order chi connectivity index (χ1) is 13.3. The maximum absolute atomic E-state index is 9.87. The maximum atomic E-state index is 9.87. The molecule has 0 unspecified atom stereocenters. The van der Waals surface area contributed by atoms with Crippen LogP contribution in [0.4, 0.5) is 5.82 Å². The number of piperidine rings is 1. The summed E-state index contributed by atoms with van der Waals surface area (Å²) in [5.41, 5.74) is 6.11. The fourth-order valence-corrected chi connectivity index (χ4v) is 4.87. The second kappa shape index (κ2) is 6.28. The van der Waals surface area contributed by atoms with E-state index in [2.05, 4.69) is 27.5 Å². The summed E-state index contributed by atoms with van der Waals surface area (Å²) in [5.74, 6) is 1.74. The van der Waals surface area contributed by atoms with Crippen LogP contribution in [-0.2, 0) is 12.8 Å². The lowest BCUT2D eigenvalue weighted by atomic mass is 9.93. The smallest absolute Gasteiger partial charge is 0.157 e. The predicted molar refractivity (Wildman–Crippen MR) is 105 cm³/mol. The summed E-state index contributed by atoms with van der Waals surface area (Å²) in [4.78, 5) is 7.31. The van der Waals surface area contributed by atoms with E-state index in [0.717, 1.165) is 67.4 Å². The van der Waals surface area contributed by atoms with Crippen molar-refractivity contribution in [2.75, 3.05) is 18.0 Å². The van der Waals surface area contributed by atoms with Crippen LogP contribution < -0.4 is 4.90 Å². The molecular weight excluding hydrogens is 334 g/mol. The second-order valence-corrected chi connectivity index (χ2v) is 7.67. The number of fused-ring (bicyclic) bond motifs is 4. The molecule has 1 fully saturated rings. The highest BCUT2D eigenvalue weighted by molar-refractivity contribution is 5.86. The SMILES string of the molecule is N#CCC1CCN(c2c3c(c(C#N)c4nc5ccccc5n24)CCC3)CC1. The van der Waals surface area contributed by atoms with Crippen molar-refractivity contribution >= 4 is 22.5 Å². The Labute approximate surface area is 158 Å². The molecular formula is C22H21N5. The van der Waals surface area contributed by atoms with E-state index in [1.165, 1.54) is 16.9 Å². The molecule has 0 saturated carbocycles. The second-order valence-electron chi connectivity index (χ2n) is 7.67. The molecule has 0 bridgehead atoms. The maximum Gasteiger partial charge on any atom is 0.157 e. The Morgan fingerprint density at radius 2 is 1.85 bits per heavy atom. The third-order valence-electron chi connectivity index (χ3n) is 6.19. The molecule has 5 nitrogen and oxygen atoms in total. The minimum Gasteiger partial charge on any atom is -0.357 e. The van der Waals surface area contributed by atoms with Gasteiger partial charge in [-0.1, -0.05) is 12.1 Å². The molecule has 3 aromatic rings. The van der Waals surface area contributed by atoms with E-state index in [1.54, 1.807) is 0 Å². The van der Waals surface area contributed by atoms with Gasteiger partial charge in [0.25, 0.3) is 0 Å². The molecule has 0 N–H and O–H groups in total. The van der Waals surface area contributed by atoms with Crippen LogP contribution in [0.5, 0.6) is 0 Å². The minimum absolute atomic E-state index is 0.507. The molecule has 1 aliphatic heterocycles. The normalized spacial score (nSPS) is 17.2. The standard InChI is InChI=1S/C22H21N5/c23-11-8-15-9-12-26(13-10-15)22-17-5-3-4-16(17)18(14-24)21-25-19-6-1-2-7-20(19)27(21)22/h1-2,6-7,15H,3-5,8-10,12-13H2. The topological polar surface area (TPSA) is 68.1 Å². The summed E-state index contributed by atoms with van der Waals surface area (Å²) in [7, 11) is 0. The van der Waals surface area contributed by atoms with Crippen LogP contribution in [0, 0.1) is 28.6 Å². The fourth-order valence-electron chi connectivity index (χ4n) is 4.87. The summed E-state index contributed by atoms with van der Waals surface area (Å²) in [6.07, 6.45) is 5.86. The van der Waals surface area contributed by atoms with E-state index in [0.29, 0.717) is 12.3 Å². The average molecular weight is 355 g/mol. The highest BCUT2D eigenvalue weighted by Gasteiger charge is 2.30. The number of aromatic nitrogens is 2. The number of para-hydroxylation sites is 2. The van der Waals surface area contributed by atoms with E-state index < -0.39 is 0 Å². The summed E-state index contributed by atoms with van der Waals surface area (Å²) < 4.78 is 2.22. The molecule has 5 heteroatoms. The lowest BCUT2D eigenvalue weighted by Gasteiger charge is -2.34. The summed E-state index contributed by atoms with van der Waals surface area (Å²) >= 11 is 0. The zero-order chi connectivity index (χ0) is 18.4. The van der Waals surface area contributed by atoms with Gasteiger partial charge in [-0.05, 0) is 61.3 Å². The van der Waals surface area contributed by atoms with Gasteiger partial charge in [0.05, 0.1) is 22.7 Å². The van der Waals surface area contributed by atoms with Crippen molar-refractivity contribution in [1.82, 2.24) is 9.38 Å². The first-order valence-corrected chi connectivity index (χ1v) is 9.78. The lowest BCUT2D eigenvalue weighted by Crippen LogP contribution is -2.35. The number of imidazole rings is 1. The van der Waals surface area contributed by atoms with Gasteiger partial charge in [-0.15, -0.1) is 0 Å². The van der Waals surface area contributed by atoms with E-state index >= 15 is 0 Å². The summed E-state index contributed by atoms with van der Waals surface area (Å²) in [5, 5.41) is 18.9. The molecule has 134 valence electrons. The van der Waals surface area contributed by atoms with Crippen LogP contribution in [0.15, 0.2) is 24.3 Å². The van der Waals surface area contributed by atoms with Gasteiger partial charge in [-0.2, -0.15) is 10.5 Å². The van der Waals surface area contributed by atoms with Gasteiger partial charge in [0.1, 0.15) is 11.9 Å². The van der Waals surface area contributed by atoms with Crippen LogP contribution in [-0.4, -0.2) is 22.5 Å². The van der Waals surface area contributed by atoms with Crippen LogP contribution in [0.2, 0.25) is 0 Å². The lowest BCUT2D eigenvalue weighted by molar-refractivity contribution is 0.410. The number of pyridine rings is 1. The van der Waals surface area contributed by atoms with Crippen LogP contribution in [0.25, 0.3) is 16.7 Å². The van der Waals surface area contributed by atoms with Gasteiger partial charge in [0, 0.05) is 19.5 Å². The Bertz CT molecular complexity index is 1120. The van der Waals surface area contributed by atoms with E-state index in [-0.39, 0.29) is 0 Å². The van der Waals surface area contributed by atoms with Crippen molar-refractivity contribution in [3.05, 3.63) is 41.0 Å². The predicted octanol–water partition coefficient (Wildman–Crippen LogP) is 3.98. The highest BCUT2D eigenvalue weighted by Crippen LogP contribution is 2.39. The Kier molecular flexibility index (Phi) is 3.76. The third-order valence-corrected chi connectivity index (χ3v) is 6.19. The summed E-state index contributed by atoms with van der Waals surface area (Å²) in [6, 6.07) is 12.9. The van der Waals surface area contributed by atoms with Crippen molar-refractivity contribution in [3.8, 4) is 12.1 Å². The molecule has 5 rings (SSSR count). The number of nitriles is 2. The monoisotopic (exact) mass is 355 g/mol.